The van der Waals surface area contributed by atoms with Crippen molar-refractivity contribution in [2.24, 2.45) is 0 Å². The lowest BCUT2D eigenvalue weighted by atomic mass is 10.1. The second kappa shape index (κ2) is 14.6. The zero-order valence-corrected chi connectivity index (χ0v) is 14.2. The smallest absolute Gasteiger partial charge is 0.407 e. The normalized spacial score (nSPS) is 11.8. The third-order valence-corrected chi connectivity index (χ3v) is 3.17. The standard InChI is InChI=1S/C16H31NO5/c1-4-6-7-8-9-11-21-15(18)14(10-5-2)17-16(19)22-13-12-20-3/h14H,4-13H2,1-3H3,(H,17,19). The molecule has 0 radical (unpaired) electrons. The molecule has 0 aliphatic carbocycles. The van der Waals surface area contributed by atoms with E-state index in [0.29, 0.717) is 19.6 Å². The van der Waals surface area contributed by atoms with Gasteiger partial charge >= 0.3 is 12.1 Å². The maximum absolute atomic E-state index is 12.0. The molecule has 130 valence electrons. The third-order valence-electron chi connectivity index (χ3n) is 3.17. The monoisotopic (exact) mass is 317 g/mol. The Hall–Kier alpha value is -1.30. The predicted octanol–water partition coefficient (Wildman–Crippen LogP) is 3.04. The van der Waals surface area contributed by atoms with Crippen LogP contribution in [0.15, 0.2) is 0 Å². The summed E-state index contributed by atoms with van der Waals surface area (Å²) in [6.45, 7) is 5.00. The van der Waals surface area contributed by atoms with Crippen molar-refractivity contribution in [3.8, 4) is 0 Å². The number of methoxy groups -OCH3 is 1. The molecule has 0 aromatic heterocycles. The molecule has 6 heteroatoms. The van der Waals surface area contributed by atoms with Crippen molar-refractivity contribution in [1.82, 2.24) is 5.32 Å². The highest BCUT2D eigenvalue weighted by molar-refractivity contribution is 5.81. The summed E-state index contributed by atoms with van der Waals surface area (Å²) in [6.07, 6.45) is 6.18. The second-order valence-corrected chi connectivity index (χ2v) is 5.20. The molecule has 0 aromatic carbocycles. The van der Waals surface area contributed by atoms with Gasteiger partial charge in [-0.3, -0.25) is 0 Å². The van der Waals surface area contributed by atoms with Gasteiger partial charge in [0.1, 0.15) is 12.6 Å². The molecule has 1 amide bonds. The molecular weight excluding hydrogens is 286 g/mol. The Morgan fingerprint density at radius 2 is 1.64 bits per heavy atom. The number of hydrogen-bond acceptors (Lipinski definition) is 5. The first-order valence-electron chi connectivity index (χ1n) is 8.24. The first-order valence-corrected chi connectivity index (χ1v) is 8.24. The second-order valence-electron chi connectivity index (χ2n) is 5.20. The number of esters is 1. The van der Waals surface area contributed by atoms with Gasteiger partial charge in [-0.05, 0) is 12.8 Å². The van der Waals surface area contributed by atoms with Gasteiger partial charge in [-0.2, -0.15) is 0 Å². The maximum atomic E-state index is 12.0. The van der Waals surface area contributed by atoms with Gasteiger partial charge in [0.2, 0.25) is 0 Å². The van der Waals surface area contributed by atoms with E-state index in [1.165, 1.54) is 20.0 Å². The highest BCUT2D eigenvalue weighted by Gasteiger charge is 2.21. The molecular formula is C16H31NO5. The molecule has 0 aliphatic heterocycles. The van der Waals surface area contributed by atoms with E-state index < -0.39 is 12.1 Å². The predicted molar refractivity (Wildman–Crippen MR) is 84.8 cm³/mol. The van der Waals surface area contributed by atoms with Crippen molar-refractivity contribution in [2.75, 3.05) is 26.9 Å². The van der Waals surface area contributed by atoms with Crippen molar-refractivity contribution in [1.29, 1.82) is 0 Å². The first-order chi connectivity index (χ1) is 10.7. The molecule has 1 unspecified atom stereocenters. The van der Waals surface area contributed by atoms with E-state index in [9.17, 15) is 9.59 Å². The lowest BCUT2D eigenvalue weighted by Gasteiger charge is -2.17. The van der Waals surface area contributed by atoms with Gasteiger partial charge in [-0.1, -0.05) is 46.0 Å². The van der Waals surface area contributed by atoms with Crippen molar-refractivity contribution in [3.05, 3.63) is 0 Å². The Bertz CT molecular complexity index is 296. The van der Waals surface area contributed by atoms with Gasteiger partial charge in [-0.25, -0.2) is 9.59 Å². The van der Waals surface area contributed by atoms with Crippen molar-refractivity contribution in [2.45, 2.75) is 64.8 Å². The minimum atomic E-state index is -0.643. The number of amides is 1. The van der Waals surface area contributed by atoms with Crippen LogP contribution in [-0.4, -0.2) is 45.0 Å². The molecule has 0 bridgehead atoms. The molecule has 0 fully saturated rings. The summed E-state index contributed by atoms with van der Waals surface area (Å²) < 4.78 is 14.9. The number of ether oxygens (including phenoxy) is 3. The van der Waals surface area contributed by atoms with Crippen LogP contribution >= 0.6 is 0 Å². The number of carbonyl (C=O) groups excluding carboxylic acids is 2. The molecule has 0 spiro atoms. The Labute approximate surface area is 133 Å². The van der Waals surface area contributed by atoms with E-state index in [2.05, 4.69) is 12.2 Å². The zero-order chi connectivity index (χ0) is 16.6. The SMILES string of the molecule is CCCCCCCOC(=O)C(CCC)NC(=O)OCCOC. The fourth-order valence-corrected chi connectivity index (χ4v) is 1.92. The summed E-state index contributed by atoms with van der Waals surface area (Å²) >= 11 is 0. The van der Waals surface area contributed by atoms with Crippen LogP contribution in [0, 0.1) is 0 Å². The third kappa shape index (κ3) is 11.4. The van der Waals surface area contributed by atoms with Crippen LogP contribution in [0.4, 0.5) is 4.79 Å². The minimum Gasteiger partial charge on any atom is -0.464 e. The Balaban J connectivity index is 3.97. The maximum Gasteiger partial charge on any atom is 0.407 e. The molecule has 1 atom stereocenters. The van der Waals surface area contributed by atoms with E-state index in [1.807, 2.05) is 6.92 Å². The van der Waals surface area contributed by atoms with E-state index in [0.717, 1.165) is 25.7 Å². The Morgan fingerprint density at radius 1 is 0.909 bits per heavy atom. The lowest BCUT2D eigenvalue weighted by Crippen LogP contribution is -2.42. The largest absolute Gasteiger partial charge is 0.464 e. The average molecular weight is 317 g/mol. The summed E-state index contributed by atoms with van der Waals surface area (Å²) in [5.41, 5.74) is 0. The molecule has 0 heterocycles. The quantitative estimate of drug-likeness (QED) is 0.417. The number of nitrogens with one attached hydrogen (secondary N) is 1. The average Bonchev–Trinajstić information content (AvgIpc) is 2.50. The minimum absolute atomic E-state index is 0.160. The van der Waals surface area contributed by atoms with Crippen LogP contribution < -0.4 is 5.32 Å². The number of hydrogen-bond donors (Lipinski definition) is 1. The summed E-state index contributed by atoms with van der Waals surface area (Å²) in [7, 11) is 1.53. The van der Waals surface area contributed by atoms with Crippen LogP contribution in [0.2, 0.25) is 0 Å². The van der Waals surface area contributed by atoms with E-state index in [1.54, 1.807) is 0 Å². The van der Waals surface area contributed by atoms with Crippen LogP contribution in [0.5, 0.6) is 0 Å². The molecule has 0 saturated carbocycles. The van der Waals surface area contributed by atoms with Gasteiger partial charge < -0.3 is 19.5 Å². The lowest BCUT2D eigenvalue weighted by molar-refractivity contribution is -0.146. The number of alkyl carbamates (subject to hydrolysis) is 1. The Kier molecular flexibility index (Phi) is 13.8. The fraction of sp³-hybridized carbons (Fsp3) is 0.875. The summed E-state index contributed by atoms with van der Waals surface area (Å²) in [6, 6.07) is -0.643. The highest BCUT2D eigenvalue weighted by atomic mass is 16.6. The van der Waals surface area contributed by atoms with Gasteiger partial charge in [0.15, 0.2) is 0 Å². The van der Waals surface area contributed by atoms with Crippen LogP contribution in [0.25, 0.3) is 0 Å². The van der Waals surface area contributed by atoms with E-state index in [-0.39, 0.29) is 12.6 Å². The zero-order valence-electron chi connectivity index (χ0n) is 14.2. The molecule has 0 aliphatic rings. The molecule has 0 rings (SSSR count). The van der Waals surface area contributed by atoms with Gasteiger partial charge in [0, 0.05) is 7.11 Å². The number of carbonyl (C=O) groups is 2. The highest BCUT2D eigenvalue weighted by Crippen LogP contribution is 2.05. The van der Waals surface area contributed by atoms with Crippen LogP contribution in [0.1, 0.15) is 58.8 Å². The van der Waals surface area contributed by atoms with E-state index >= 15 is 0 Å². The van der Waals surface area contributed by atoms with Crippen LogP contribution in [0.3, 0.4) is 0 Å². The van der Waals surface area contributed by atoms with Crippen molar-refractivity contribution < 1.29 is 23.8 Å². The summed E-state index contributed by atoms with van der Waals surface area (Å²) in [5.74, 6) is -0.388. The molecule has 0 aromatic rings. The van der Waals surface area contributed by atoms with Crippen molar-refractivity contribution in [3.63, 3.8) is 0 Å². The molecule has 0 saturated heterocycles. The molecule has 1 N–H and O–H groups in total. The van der Waals surface area contributed by atoms with Crippen molar-refractivity contribution >= 4 is 12.1 Å². The number of rotatable bonds is 13. The van der Waals surface area contributed by atoms with E-state index in [4.69, 9.17) is 14.2 Å². The van der Waals surface area contributed by atoms with Crippen LogP contribution in [-0.2, 0) is 19.0 Å². The molecule has 22 heavy (non-hydrogen) atoms. The van der Waals surface area contributed by atoms with Gasteiger partial charge in [-0.15, -0.1) is 0 Å². The Morgan fingerprint density at radius 3 is 2.27 bits per heavy atom. The van der Waals surface area contributed by atoms with Gasteiger partial charge in [0.25, 0.3) is 0 Å². The number of unbranched alkanes of at least 4 members (excludes halogenated alkanes) is 4. The first kappa shape index (κ1) is 20.7. The van der Waals surface area contributed by atoms with Gasteiger partial charge in [0.05, 0.1) is 13.2 Å². The summed E-state index contributed by atoms with van der Waals surface area (Å²) in [5, 5.41) is 2.55. The topological polar surface area (TPSA) is 73.9 Å². The fourth-order valence-electron chi connectivity index (χ4n) is 1.92. The molecule has 6 nitrogen and oxygen atoms in total. The summed E-state index contributed by atoms with van der Waals surface area (Å²) in [4.78, 5) is 23.5.